The molecular weight excluding hydrogens is 770 g/mol. The lowest BCUT2D eigenvalue weighted by molar-refractivity contribution is -0.185. The average Bonchev–Trinajstić information content (AvgIpc) is 3.84. The molecule has 14 nitrogen and oxygen atoms in total. The predicted molar refractivity (Wildman–Crippen MR) is 212 cm³/mol. The van der Waals surface area contributed by atoms with Crippen LogP contribution >= 0.6 is 15.9 Å². The molecule has 6 rings (SSSR count). The quantitative estimate of drug-likeness (QED) is 0.198. The number of rotatable bonds is 8. The van der Waals surface area contributed by atoms with Gasteiger partial charge in [0.05, 0.1) is 61.3 Å². The number of methoxy groups -OCH3 is 2. The molecule has 302 valence electrons. The first-order valence-corrected chi connectivity index (χ1v) is 21.6. The van der Waals surface area contributed by atoms with Gasteiger partial charge < -0.3 is 38.3 Å². The van der Waals surface area contributed by atoms with E-state index < -0.39 is 49.3 Å². The lowest BCUT2D eigenvalue weighted by Crippen LogP contribution is -2.41. The van der Waals surface area contributed by atoms with Gasteiger partial charge in [-0.2, -0.15) is 0 Å². The van der Waals surface area contributed by atoms with E-state index in [9.17, 15) is 24.3 Å². The van der Waals surface area contributed by atoms with Crippen molar-refractivity contribution in [2.24, 2.45) is 0 Å². The largest absolute Gasteiger partial charge is 0.502 e. The molecule has 7 atom stereocenters. The van der Waals surface area contributed by atoms with Crippen LogP contribution in [0, 0.1) is 0 Å². The number of hydrogen-bond acceptors (Lipinski definition) is 13. The summed E-state index contributed by atoms with van der Waals surface area (Å²) in [5, 5.41) is 9.59. The molecule has 0 bridgehead atoms. The summed E-state index contributed by atoms with van der Waals surface area (Å²) < 4.78 is 42.8. The van der Waals surface area contributed by atoms with Crippen LogP contribution in [0.5, 0.6) is 0 Å². The summed E-state index contributed by atoms with van der Waals surface area (Å²) in [4.78, 5) is 50.7. The zero-order chi connectivity index (χ0) is 40.7. The smallest absolute Gasteiger partial charge is 0.410 e. The number of likely N-dealkylation sites (tertiary alicyclic amines) is 2. The zero-order valence-electron chi connectivity index (χ0n) is 32.3. The molecule has 4 aliphatic heterocycles. The van der Waals surface area contributed by atoms with E-state index in [-0.39, 0.29) is 45.1 Å². The second-order valence-electron chi connectivity index (χ2n) is 12.6. The van der Waals surface area contributed by atoms with E-state index in [2.05, 4.69) is 25.5 Å². The standard InChI is InChI=1S/C19H25NO6.C14H17NO5.C5H8O.H2P2S/c1-23-18(21)16-11-15(26-17-9-5-6-10-24-17)12-20(16)19(22)25-13-14-7-3-2-4-8-14;1-19-13(17)12-7-11(16)8-15(12)14(18)20-9-10-5-3-2-4-6-10;1-2-4-6-5-3-1;1-2-3/h2-4,7-8,15-17H,5-6,9-13H2,1H3;2-6,11-12,16H,7-9H2,1H3;2,4H,1,3,5H2;1H2/p+1/t15-,16+,17?;11-,12+;;/m11../s1/i/hT. The molecule has 4 aliphatic rings. The van der Waals surface area contributed by atoms with Crippen molar-refractivity contribution in [3.05, 3.63) is 84.1 Å². The topological polar surface area (TPSA) is 160 Å². The fraction of sp³-hybridized carbons (Fsp3) is 0.526. The molecule has 2 aromatic carbocycles. The van der Waals surface area contributed by atoms with Crippen LogP contribution in [0.25, 0.3) is 0 Å². The van der Waals surface area contributed by atoms with Crippen molar-refractivity contribution in [3.63, 3.8) is 0 Å². The SMILES string of the molecule is C1=COCCC1.COC(=O)[C@@H]1C[C@@H](O)CN1C(=O)OCc1ccccc1.COC(=O)[C@@H]1C[C@@H](OC2CCCCO2)CN1C(=O)OCc1ccccc1.[3H][P+](P)=S. The maximum Gasteiger partial charge on any atom is 0.410 e. The second-order valence-corrected chi connectivity index (χ2v) is 15.4. The van der Waals surface area contributed by atoms with Gasteiger partial charge in [0.2, 0.25) is 0 Å². The number of hydrogen-bond donors (Lipinski definition) is 1. The highest BCUT2D eigenvalue weighted by atomic mass is 32.6. The third-order valence-electron chi connectivity index (χ3n) is 8.68. The number of amides is 2. The molecule has 0 aliphatic carbocycles. The third-order valence-corrected chi connectivity index (χ3v) is 8.68. The Bertz CT molecular complexity index is 1530. The molecule has 17 heteroatoms. The summed E-state index contributed by atoms with van der Waals surface area (Å²) in [6.07, 6.45) is 7.23. The molecular formula is C38H53N2O12P2S+. The first kappa shape index (κ1) is 44.0. The molecule has 0 radical (unpaired) electrons. The molecule has 0 aromatic heterocycles. The van der Waals surface area contributed by atoms with Crippen molar-refractivity contribution < 1.29 is 57.4 Å². The molecule has 0 saturated carbocycles. The molecule has 2 amide bonds. The van der Waals surface area contributed by atoms with Crippen LogP contribution in [0.1, 0.15) is 56.1 Å². The molecule has 55 heavy (non-hydrogen) atoms. The van der Waals surface area contributed by atoms with Crippen molar-refractivity contribution in [3.8, 4) is 0 Å². The Kier molecular flexibility index (Phi) is 21.0. The van der Waals surface area contributed by atoms with Gasteiger partial charge in [-0.1, -0.05) is 60.7 Å². The second kappa shape index (κ2) is 26.2. The lowest BCUT2D eigenvalue weighted by atomic mass is 10.2. The highest BCUT2D eigenvalue weighted by molar-refractivity contribution is 8.24. The minimum absolute atomic E-state index is 0.0768. The summed E-state index contributed by atoms with van der Waals surface area (Å²) in [5.74, 6) is -1.00. The minimum atomic E-state index is -0.870. The number of allylic oxidation sites excluding steroid dienone is 1. The fourth-order valence-corrected chi connectivity index (χ4v) is 5.96. The monoisotopic (exact) mass is 825 g/mol. The first-order chi connectivity index (χ1) is 27.0. The first-order valence-electron chi connectivity index (χ1n) is 18.5. The Balaban J connectivity index is 0.000000246. The zero-order valence-corrected chi connectivity index (χ0v) is 34.1. The van der Waals surface area contributed by atoms with E-state index in [4.69, 9.17) is 29.7 Å². The highest BCUT2D eigenvalue weighted by Gasteiger charge is 2.43. The number of ether oxygens (including phenoxy) is 7. The van der Waals surface area contributed by atoms with Crippen LogP contribution in [0.15, 0.2) is 73.0 Å². The van der Waals surface area contributed by atoms with Gasteiger partial charge in [-0.05, 0) is 49.3 Å². The fourth-order valence-electron chi connectivity index (χ4n) is 5.96. The molecule has 2 aromatic rings. The van der Waals surface area contributed by atoms with Gasteiger partial charge in [0.15, 0.2) is 25.1 Å². The third kappa shape index (κ3) is 16.5. The van der Waals surface area contributed by atoms with Crippen LogP contribution in [0.4, 0.5) is 9.59 Å². The van der Waals surface area contributed by atoms with E-state index in [1.165, 1.54) is 36.9 Å². The van der Waals surface area contributed by atoms with Gasteiger partial charge >= 0.3 is 25.4 Å². The minimum Gasteiger partial charge on any atom is -0.502 e. The van der Waals surface area contributed by atoms with Crippen LogP contribution in [-0.2, 0) is 67.8 Å². The average molecular weight is 826 g/mol. The maximum atomic E-state index is 12.5. The molecule has 3 saturated heterocycles. The molecule has 4 heterocycles. The van der Waals surface area contributed by atoms with Crippen molar-refractivity contribution in [1.29, 1.82) is 1.28 Å². The Labute approximate surface area is 332 Å². The number of β-amino-alcohol motifs (C(OH)–C–C–N with tert-alkyl or cyclic N) is 1. The van der Waals surface area contributed by atoms with E-state index in [0.29, 0.717) is 13.0 Å². The number of aliphatic hydroxyl groups excluding tert-OH is 1. The van der Waals surface area contributed by atoms with Crippen molar-refractivity contribution in [2.75, 3.05) is 40.5 Å². The van der Waals surface area contributed by atoms with Crippen LogP contribution in [-0.4, -0.2) is 111 Å². The summed E-state index contributed by atoms with van der Waals surface area (Å²) in [7, 11) is 4.77. The number of carbonyl (C=O) groups excluding carboxylic acids is 4. The van der Waals surface area contributed by atoms with E-state index in [1.54, 1.807) is 6.26 Å². The lowest BCUT2D eigenvalue weighted by Gasteiger charge is -2.25. The Morgan fingerprint density at radius 3 is 1.84 bits per heavy atom. The molecule has 0 spiro atoms. The summed E-state index contributed by atoms with van der Waals surface area (Å²) in [5.41, 5.74) is 1.74. The van der Waals surface area contributed by atoms with Gasteiger partial charge in [0.25, 0.3) is 0 Å². The summed E-state index contributed by atoms with van der Waals surface area (Å²) >= 11 is 4.31. The van der Waals surface area contributed by atoms with Crippen molar-refractivity contribution >= 4 is 51.9 Å². The molecule has 1 N–H and O–H groups in total. The van der Waals surface area contributed by atoms with E-state index >= 15 is 0 Å². The van der Waals surface area contributed by atoms with Crippen molar-refractivity contribution in [2.45, 2.75) is 88.7 Å². The van der Waals surface area contributed by atoms with Crippen molar-refractivity contribution in [1.82, 2.24) is 9.80 Å². The Hall–Kier alpha value is -3.71. The van der Waals surface area contributed by atoms with Gasteiger partial charge in [0, 0.05) is 19.4 Å². The highest BCUT2D eigenvalue weighted by Crippen LogP contribution is 2.26. The van der Waals surface area contributed by atoms with Gasteiger partial charge in [-0.15, -0.1) is 0 Å². The summed E-state index contributed by atoms with van der Waals surface area (Å²) in [6, 6.07) is 17.2. The number of aliphatic hydroxyl groups is 1. The van der Waals surface area contributed by atoms with E-state index in [0.717, 1.165) is 37.0 Å². The number of carbonyl (C=O) groups is 4. The predicted octanol–water partition coefficient (Wildman–Crippen LogP) is 5.64. The Morgan fingerprint density at radius 2 is 1.40 bits per heavy atom. The number of nitrogens with zero attached hydrogens (tertiary/aromatic N) is 2. The normalized spacial score (nSPS) is 23.0. The van der Waals surface area contributed by atoms with Gasteiger partial charge in [0.1, 0.15) is 25.3 Å². The maximum absolute atomic E-state index is 12.5. The summed E-state index contributed by atoms with van der Waals surface area (Å²) in [6.45, 7) is 1.37. The van der Waals surface area contributed by atoms with Crippen LogP contribution in [0.3, 0.4) is 0 Å². The van der Waals surface area contributed by atoms with Gasteiger partial charge in [-0.25, -0.2) is 19.2 Å². The number of esters is 2. The Morgan fingerprint density at radius 1 is 0.855 bits per heavy atom. The molecule has 3 unspecified atom stereocenters. The molecule has 3 fully saturated rings. The van der Waals surface area contributed by atoms with E-state index in [1.807, 2.05) is 66.7 Å². The van der Waals surface area contributed by atoms with Gasteiger partial charge in [-0.3, -0.25) is 9.80 Å². The number of benzene rings is 2. The van der Waals surface area contributed by atoms with Crippen LogP contribution in [0.2, 0.25) is 0 Å². The van der Waals surface area contributed by atoms with Crippen LogP contribution < -0.4 is 0 Å².